The van der Waals surface area contributed by atoms with Gasteiger partial charge in [0.1, 0.15) is 12.7 Å². The van der Waals surface area contributed by atoms with Gasteiger partial charge >= 0.3 is 5.97 Å². The SMILES string of the molecule is CC(=O)OC[C@@H]1CC[C@H]([n+]2cccc(C3OC3O)c2)O1. The van der Waals surface area contributed by atoms with Gasteiger partial charge in [-0.3, -0.25) is 4.79 Å². The molecule has 1 aromatic rings. The van der Waals surface area contributed by atoms with Crippen molar-refractivity contribution >= 4 is 5.97 Å². The van der Waals surface area contributed by atoms with Crippen LogP contribution in [0.25, 0.3) is 0 Å². The molecule has 4 atom stereocenters. The van der Waals surface area contributed by atoms with Crippen LogP contribution in [-0.2, 0) is 19.0 Å². The van der Waals surface area contributed by atoms with Crippen molar-refractivity contribution in [2.45, 2.75) is 44.5 Å². The summed E-state index contributed by atoms with van der Waals surface area (Å²) >= 11 is 0. The summed E-state index contributed by atoms with van der Waals surface area (Å²) in [6.07, 6.45) is 4.56. The fourth-order valence-electron chi connectivity index (χ4n) is 2.45. The Kier molecular flexibility index (Phi) is 3.69. The lowest BCUT2D eigenvalue weighted by atomic mass is 10.2. The zero-order valence-corrected chi connectivity index (χ0v) is 11.3. The van der Waals surface area contributed by atoms with Crippen LogP contribution in [0.5, 0.6) is 0 Å². The molecule has 2 unspecified atom stereocenters. The minimum Gasteiger partial charge on any atom is -0.463 e. The van der Waals surface area contributed by atoms with E-state index in [1.54, 1.807) is 0 Å². The summed E-state index contributed by atoms with van der Waals surface area (Å²) in [5.41, 5.74) is 0.937. The van der Waals surface area contributed by atoms with Crippen LogP contribution in [0.4, 0.5) is 0 Å². The molecule has 0 saturated carbocycles. The van der Waals surface area contributed by atoms with Gasteiger partial charge in [0, 0.05) is 19.4 Å². The minimum atomic E-state index is -0.688. The number of aliphatic hydroxyl groups excluding tert-OH is 1. The molecule has 3 heterocycles. The first kappa shape index (κ1) is 13.5. The van der Waals surface area contributed by atoms with Crippen molar-refractivity contribution in [2.24, 2.45) is 0 Å². The number of aliphatic hydroxyl groups is 1. The van der Waals surface area contributed by atoms with Crippen LogP contribution in [0.3, 0.4) is 0 Å². The molecule has 0 bridgehead atoms. The molecule has 2 aliphatic rings. The zero-order valence-electron chi connectivity index (χ0n) is 11.3. The number of rotatable bonds is 4. The van der Waals surface area contributed by atoms with Crippen molar-refractivity contribution in [3.63, 3.8) is 0 Å². The number of carbonyl (C=O) groups is 1. The monoisotopic (exact) mass is 280 g/mol. The molecule has 2 saturated heterocycles. The topological polar surface area (TPSA) is 72.2 Å². The first-order valence-electron chi connectivity index (χ1n) is 6.76. The van der Waals surface area contributed by atoms with E-state index in [0.717, 1.165) is 18.4 Å². The summed E-state index contributed by atoms with van der Waals surface area (Å²) in [5, 5.41) is 9.29. The summed E-state index contributed by atoms with van der Waals surface area (Å²) in [6.45, 7) is 1.70. The van der Waals surface area contributed by atoms with Crippen LogP contribution in [0.2, 0.25) is 0 Å². The first-order chi connectivity index (χ1) is 9.63. The molecule has 6 heteroatoms. The maximum absolute atomic E-state index is 10.8. The van der Waals surface area contributed by atoms with E-state index in [-0.39, 0.29) is 24.4 Å². The van der Waals surface area contributed by atoms with Gasteiger partial charge in [-0.1, -0.05) is 0 Å². The van der Waals surface area contributed by atoms with E-state index in [4.69, 9.17) is 14.2 Å². The normalized spacial score (nSPS) is 32.1. The molecule has 2 fully saturated rings. The Hall–Kier alpha value is -1.50. The van der Waals surface area contributed by atoms with Crippen molar-refractivity contribution < 1.29 is 28.7 Å². The summed E-state index contributed by atoms with van der Waals surface area (Å²) in [6, 6.07) is 3.83. The Labute approximate surface area is 116 Å². The molecule has 108 valence electrons. The Morgan fingerprint density at radius 3 is 3.00 bits per heavy atom. The molecule has 1 aromatic heterocycles. The van der Waals surface area contributed by atoms with E-state index in [1.165, 1.54) is 6.92 Å². The van der Waals surface area contributed by atoms with Crippen molar-refractivity contribution in [2.75, 3.05) is 6.61 Å². The van der Waals surface area contributed by atoms with Gasteiger partial charge in [-0.05, 0) is 12.5 Å². The predicted molar refractivity (Wildman–Crippen MR) is 66.2 cm³/mol. The number of esters is 1. The summed E-state index contributed by atoms with van der Waals surface area (Å²) in [5.74, 6) is -0.286. The van der Waals surface area contributed by atoms with Gasteiger partial charge in [0.2, 0.25) is 0 Å². The lowest BCUT2D eigenvalue weighted by molar-refractivity contribution is -0.759. The van der Waals surface area contributed by atoms with Crippen LogP contribution < -0.4 is 4.57 Å². The van der Waals surface area contributed by atoms with Gasteiger partial charge in [-0.25, -0.2) is 0 Å². The molecule has 0 amide bonds. The van der Waals surface area contributed by atoms with Crippen molar-refractivity contribution in [1.82, 2.24) is 0 Å². The Balaban J connectivity index is 1.61. The van der Waals surface area contributed by atoms with Gasteiger partial charge in [0.05, 0.1) is 11.7 Å². The van der Waals surface area contributed by atoms with E-state index in [2.05, 4.69) is 0 Å². The third kappa shape index (κ3) is 2.98. The average molecular weight is 280 g/mol. The quantitative estimate of drug-likeness (QED) is 0.497. The summed E-state index contributed by atoms with van der Waals surface area (Å²) in [4.78, 5) is 10.8. The number of carbonyl (C=O) groups excluding carboxylic acids is 1. The van der Waals surface area contributed by atoms with Crippen LogP contribution in [0, 0.1) is 0 Å². The van der Waals surface area contributed by atoms with E-state index < -0.39 is 6.29 Å². The molecule has 0 spiro atoms. The van der Waals surface area contributed by atoms with Gasteiger partial charge < -0.3 is 19.3 Å². The van der Waals surface area contributed by atoms with Crippen LogP contribution >= 0.6 is 0 Å². The number of aromatic nitrogens is 1. The highest BCUT2D eigenvalue weighted by molar-refractivity contribution is 5.65. The molecule has 6 nitrogen and oxygen atoms in total. The Bertz CT molecular complexity index is 506. The molecule has 2 aliphatic heterocycles. The van der Waals surface area contributed by atoms with E-state index in [9.17, 15) is 9.90 Å². The van der Waals surface area contributed by atoms with Crippen molar-refractivity contribution in [1.29, 1.82) is 0 Å². The van der Waals surface area contributed by atoms with Crippen LogP contribution in [0.15, 0.2) is 24.5 Å². The maximum Gasteiger partial charge on any atom is 0.302 e. The highest BCUT2D eigenvalue weighted by atomic mass is 16.7. The second-order valence-corrected chi connectivity index (χ2v) is 5.12. The number of hydrogen-bond acceptors (Lipinski definition) is 5. The summed E-state index contributed by atoms with van der Waals surface area (Å²) < 4.78 is 17.9. The largest absolute Gasteiger partial charge is 0.463 e. The Morgan fingerprint density at radius 2 is 2.30 bits per heavy atom. The number of nitrogens with zero attached hydrogens (tertiary/aromatic N) is 1. The Morgan fingerprint density at radius 1 is 1.50 bits per heavy atom. The smallest absolute Gasteiger partial charge is 0.302 e. The van der Waals surface area contributed by atoms with E-state index >= 15 is 0 Å². The second-order valence-electron chi connectivity index (χ2n) is 5.12. The molecule has 0 aromatic carbocycles. The van der Waals surface area contributed by atoms with Gasteiger partial charge in [-0.15, -0.1) is 0 Å². The minimum absolute atomic E-state index is 0.0529. The average Bonchev–Trinajstić information content (AvgIpc) is 2.99. The third-order valence-corrected chi connectivity index (χ3v) is 3.53. The molecule has 20 heavy (non-hydrogen) atoms. The van der Waals surface area contributed by atoms with E-state index in [0.29, 0.717) is 6.61 Å². The molecular weight excluding hydrogens is 262 g/mol. The molecular formula is C14H18NO5+. The van der Waals surface area contributed by atoms with E-state index in [1.807, 2.05) is 29.1 Å². The highest BCUT2D eigenvalue weighted by Crippen LogP contribution is 2.36. The van der Waals surface area contributed by atoms with Crippen LogP contribution in [0.1, 0.15) is 37.7 Å². The molecule has 0 radical (unpaired) electrons. The highest BCUT2D eigenvalue weighted by Gasteiger charge is 2.41. The fourth-order valence-corrected chi connectivity index (χ4v) is 2.45. The van der Waals surface area contributed by atoms with Crippen molar-refractivity contribution in [3.05, 3.63) is 30.1 Å². The number of epoxide rings is 1. The molecule has 0 aliphatic carbocycles. The summed E-state index contributed by atoms with van der Waals surface area (Å²) in [7, 11) is 0. The second kappa shape index (κ2) is 5.47. The third-order valence-electron chi connectivity index (χ3n) is 3.53. The number of ether oxygens (including phenoxy) is 3. The van der Waals surface area contributed by atoms with Crippen LogP contribution in [-0.4, -0.2) is 30.1 Å². The number of hydrogen-bond donors (Lipinski definition) is 1. The van der Waals surface area contributed by atoms with Gasteiger partial charge in [-0.2, -0.15) is 4.57 Å². The predicted octanol–water partition coefficient (Wildman–Crippen LogP) is 0.604. The zero-order chi connectivity index (χ0) is 14.1. The standard InChI is InChI=1S/C14H18NO5/c1-9(16)18-8-11-4-5-12(19-11)15-6-2-3-10(7-15)13-14(17)20-13/h2-3,6-7,11-14,17H,4-5,8H2,1H3/q+1/t11-,12+,13?,14?/m0/s1. The fraction of sp³-hybridized carbons (Fsp3) is 0.571. The lowest BCUT2D eigenvalue weighted by Crippen LogP contribution is -2.39. The molecule has 3 rings (SSSR count). The van der Waals surface area contributed by atoms with Crippen molar-refractivity contribution in [3.8, 4) is 0 Å². The molecule has 1 N–H and O–H groups in total. The van der Waals surface area contributed by atoms with Gasteiger partial charge in [0.15, 0.2) is 18.7 Å². The van der Waals surface area contributed by atoms with Gasteiger partial charge in [0.25, 0.3) is 6.23 Å². The maximum atomic E-state index is 10.8. The number of pyridine rings is 1. The lowest BCUT2D eigenvalue weighted by Gasteiger charge is -2.10. The first-order valence-corrected chi connectivity index (χ1v) is 6.76.